The van der Waals surface area contributed by atoms with Crippen LogP contribution >= 0.6 is 11.8 Å². The van der Waals surface area contributed by atoms with E-state index in [0.29, 0.717) is 6.04 Å². The Kier molecular flexibility index (Phi) is 4.93. The topological polar surface area (TPSA) is 12.0 Å². The lowest BCUT2D eigenvalue weighted by molar-refractivity contribution is 0.474. The van der Waals surface area contributed by atoms with Gasteiger partial charge in [-0.3, -0.25) is 0 Å². The Balaban J connectivity index is 2.00. The van der Waals surface area contributed by atoms with Crippen LogP contribution in [0.2, 0.25) is 0 Å². The average Bonchev–Trinajstić information content (AvgIpc) is 3.18. The standard InChI is InChI=1S/C15H23NS/c1-3-10-16-15(11-12-4-5-12)13-6-8-14(17-2)9-7-13/h6-9,12,15-16H,3-5,10-11H2,1-2H3. The summed E-state index contributed by atoms with van der Waals surface area (Å²) in [4.78, 5) is 1.36. The highest BCUT2D eigenvalue weighted by Gasteiger charge is 2.25. The Hall–Kier alpha value is -0.470. The van der Waals surface area contributed by atoms with Crippen molar-refractivity contribution in [3.05, 3.63) is 29.8 Å². The fraction of sp³-hybridized carbons (Fsp3) is 0.600. The maximum absolute atomic E-state index is 3.69. The molecule has 0 radical (unpaired) electrons. The third-order valence-electron chi connectivity index (χ3n) is 3.42. The Morgan fingerprint density at radius 2 is 2.00 bits per heavy atom. The summed E-state index contributed by atoms with van der Waals surface area (Å²) in [7, 11) is 0. The average molecular weight is 249 g/mol. The van der Waals surface area contributed by atoms with Crippen molar-refractivity contribution in [3.63, 3.8) is 0 Å². The van der Waals surface area contributed by atoms with E-state index in [-0.39, 0.29) is 0 Å². The molecular formula is C15H23NS. The molecule has 0 spiro atoms. The summed E-state index contributed by atoms with van der Waals surface area (Å²) in [6.45, 7) is 3.36. The predicted octanol–water partition coefficient (Wildman–Crippen LogP) is 4.25. The summed E-state index contributed by atoms with van der Waals surface area (Å²) in [5.41, 5.74) is 1.46. The van der Waals surface area contributed by atoms with Crippen molar-refractivity contribution in [1.82, 2.24) is 5.32 Å². The van der Waals surface area contributed by atoms with E-state index >= 15 is 0 Å². The van der Waals surface area contributed by atoms with Gasteiger partial charge in [0, 0.05) is 10.9 Å². The molecule has 0 saturated heterocycles. The molecule has 17 heavy (non-hydrogen) atoms. The largest absolute Gasteiger partial charge is 0.310 e. The number of hydrogen-bond acceptors (Lipinski definition) is 2. The molecule has 1 atom stereocenters. The summed E-state index contributed by atoms with van der Waals surface area (Å²) in [6.07, 6.45) is 7.54. The van der Waals surface area contributed by atoms with E-state index < -0.39 is 0 Å². The first-order chi connectivity index (χ1) is 8.33. The number of rotatable bonds is 7. The molecule has 1 aromatic rings. The molecule has 1 unspecified atom stereocenters. The molecule has 1 N–H and O–H groups in total. The molecule has 94 valence electrons. The van der Waals surface area contributed by atoms with Gasteiger partial charge in [0.25, 0.3) is 0 Å². The lowest BCUT2D eigenvalue weighted by atomic mass is 10.0. The van der Waals surface area contributed by atoms with Crippen LogP contribution < -0.4 is 5.32 Å². The molecule has 1 aromatic carbocycles. The number of nitrogens with one attached hydrogen (secondary N) is 1. The fourth-order valence-corrected chi connectivity index (χ4v) is 2.59. The summed E-state index contributed by atoms with van der Waals surface area (Å²) < 4.78 is 0. The molecule has 2 rings (SSSR count). The first kappa shape index (κ1) is 13.0. The van der Waals surface area contributed by atoms with Crippen LogP contribution in [0.5, 0.6) is 0 Å². The van der Waals surface area contributed by atoms with Crippen LogP contribution in [0.4, 0.5) is 0 Å². The molecular weight excluding hydrogens is 226 g/mol. The molecule has 1 aliphatic rings. The van der Waals surface area contributed by atoms with E-state index in [9.17, 15) is 0 Å². The lowest BCUT2D eigenvalue weighted by Crippen LogP contribution is -2.22. The highest BCUT2D eigenvalue weighted by Crippen LogP contribution is 2.37. The Labute approximate surface area is 109 Å². The highest BCUT2D eigenvalue weighted by atomic mass is 32.2. The molecule has 1 nitrogen and oxygen atoms in total. The van der Waals surface area contributed by atoms with Crippen molar-refractivity contribution >= 4 is 11.8 Å². The fourth-order valence-electron chi connectivity index (χ4n) is 2.18. The van der Waals surface area contributed by atoms with Crippen molar-refractivity contribution in [1.29, 1.82) is 0 Å². The van der Waals surface area contributed by atoms with Gasteiger partial charge in [-0.2, -0.15) is 0 Å². The van der Waals surface area contributed by atoms with Gasteiger partial charge in [-0.15, -0.1) is 11.8 Å². The molecule has 0 bridgehead atoms. The Morgan fingerprint density at radius 3 is 2.53 bits per heavy atom. The molecule has 0 aromatic heterocycles. The zero-order valence-corrected chi connectivity index (χ0v) is 11.7. The third kappa shape index (κ3) is 4.04. The minimum atomic E-state index is 0.568. The van der Waals surface area contributed by atoms with E-state index in [0.717, 1.165) is 12.5 Å². The van der Waals surface area contributed by atoms with Gasteiger partial charge >= 0.3 is 0 Å². The number of thioether (sulfide) groups is 1. The normalized spacial score (nSPS) is 17.1. The van der Waals surface area contributed by atoms with Crippen molar-refractivity contribution in [2.24, 2.45) is 5.92 Å². The van der Waals surface area contributed by atoms with Gasteiger partial charge in [0.1, 0.15) is 0 Å². The van der Waals surface area contributed by atoms with Crippen LogP contribution in [0.1, 0.15) is 44.2 Å². The second kappa shape index (κ2) is 6.46. The van der Waals surface area contributed by atoms with Gasteiger partial charge in [-0.1, -0.05) is 31.9 Å². The van der Waals surface area contributed by atoms with Gasteiger partial charge < -0.3 is 5.32 Å². The van der Waals surface area contributed by atoms with Gasteiger partial charge in [-0.05, 0) is 49.3 Å². The van der Waals surface area contributed by atoms with Crippen LogP contribution in [-0.4, -0.2) is 12.8 Å². The molecule has 0 aliphatic heterocycles. The molecule has 2 heteroatoms. The van der Waals surface area contributed by atoms with E-state index in [1.165, 1.54) is 36.1 Å². The zero-order valence-electron chi connectivity index (χ0n) is 10.9. The van der Waals surface area contributed by atoms with E-state index in [1.807, 2.05) is 11.8 Å². The SMILES string of the molecule is CCCNC(CC1CC1)c1ccc(SC)cc1. The summed E-state index contributed by atoms with van der Waals surface area (Å²) in [5, 5.41) is 3.69. The summed E-state index contributed by atoms with van der Waals surface area (Å²) in [6, 6.07) is 9.64. The first-order valence-corrected chi connectivity index (χ1v) is 7.93. The maximum Gasteiger partial charge on any atom is 0.0322 e. The molecule has 1 saturated carbocycles. The van der Waals surface area contributed by atoms with E-state index in [2.05, 4.69) is 42.8 Å². The maximum atomic E-state index is 3.69. The Morgan fingerprint density at radius 1 is 1.29 bits per heavy atom. The third-order valence-corrected chi connectivity index (χ3v) is 4.17. The quantitative estimate of drug-likeness (QED) is 0.725. The number of benzene rings is 1. The molecule has 0 heterocycles. The van der Waals surface area contributed by atoms with Crippen LogP contribution in [0, 0.1) is 5.92 Å². The lowest BCUT2D eigenvalue weighted by Gasteiger charge is -2.19. The smallest absolute Gasteiger partial charge is 0.0322 e. The van der Waals surface area contributed by atoms with Gasteiger partial charge in [0.15, 0.2) is 0 Å². The minimum Gasteiger partial charge on any atom is -0.310 e. The minimum absolute atomic E-state index is 0.568. The van der Waals surface area contributed by atoms with Gasteiger partial charge in [-0.25, -0.2) is 0 Å². The van der Waals surface area contributed by atoms with E-state index in [4.69, 9.17) is 0 Å². The van der Waals surface area contributed by atoms with Crippen molar-refractivity contribution in [2.75, 3.05) is 12.8 Å². The summed E-state index contributed by atoms with van der Waals surface area (Å²) in [5.74, 6) is 0.976. The number of hydrogen-bond donors (Lipinski definition) is 1. The van der Waals surface area contributed by atoms with Crippen molar-refractivity contribution in [3.8, 4) is 0 Å². The first-order valence-electron chi connectivity index (χ1n) is 6.70. The molecule has 1 aliphatic carbocycles. The van der Waals surface area contributed by atoms with Crippen LogP contribution in [0.15, 0.2) is 29.2 Å². The van der Waals surface area contributed by atoms with Crippen molar-refractivity contribution < 1.29 is 0 Å². The van der Waals surface area contributed by atoms with Crippen LogP contribution in [0.3, 0.4) is 0 Å². The monoisotopic (exact) mass is 249 g/mol. The van der Waals surface area contributed by atoms with Crippen LogP contribution in [-0.2, 0) is 0 Å². The zero-order chi connectivity index (χ0) is 12.1. The Bertz CT molecular complexity index is 329. The highest BCUT2D eigenvalue weighted by molar-refractivity contribution is 7.98. The summed E-state index contributed by atoms with van der Waals surface area (Å²) >= 11 is 1.81. The molecule has 1 fully saturated rings. The second-order valence-corrected chi connectivity index (χ2v) is 5.84. The second-order valence-electron chi connectivity index (χ2n) is 4.96. The van der Waals surface area contributed by atoms with E-state index in [1.54, 1.807) is 0 Å². The van der Waals surface area contributed by atoms with Crippen LogP contribution in [0.25, 0.3) is 0 Å². The van der Waals surface area contributed by atoms with Gasteiger partial charge in [0.05, 0.1) is 0 Å². The van der Waals surface area contributed by atoms with Gasteiger partial charge in [0.2, 0.25) is 0 Å². The predicted molar refractivity (Wildman–Crippen MR) is 76.6 cm³/mol. The van der Waals surface area contributed by atoms with Crippen molar-refractivity contribution in [2.45, 2.75) is 43.5 Å². The molecule has 0 amide bonds.